The second-order valence-electron chi connectivity index (χ2n) is 4.84. The Morgan fingerprint density at radius 3 is 2.58 bits per heavy atom. The Hall–Kier alpha value is -2.13. The zero-order valence-corrected chi connectivity index (χ0v) is 12.9. The third kappa shape index (κ3) is 6.55. The van der Waals surface area contributed by atoms with Crippen LogP contribution in [-0.2, 0) is 20.9 Å². The van der Waals surface area contributed by atoms with Crippen molar-refractivity contribution in [1.29, 1.82) is 0 Å². The number of benzene rings is 1. The van der Waals surface area contributed by atoms with Crippen LogP contribution in [0.5, 0.6) is 0 Å². The van der Waals surface area contributed by atoms with Crippen LogP contribution < -0.4 is 5.32 Å². The van der Waals surface area contributed by atoms with Crippen molar-refractivity contribution >= 4 is 11.9 Å². The number of hydrogen-bond acceptors (Lipinski definition) is 4. The highest BCUT2D eigenvalue weighted by Crippen LogP contribution is 2.13. The third-order valence-electron chi connectivity index (χ3n) is 3.01. The maximum atomic E-state index is 13.7. The highest BCUT2D eigenvalue weighted by atomic mass is 19.3. The zero-order chi connectivity index (χ0) is 18.1. The van der Waals surface area contributed by atoms with Gasteiger partial charge in [0.1, 0.15) is 11.9 Å². The predicted molar refractivity (Wildman–Crippen MR) is 77.4 cm³/mol. The number of hydrogen-bond donors (Lipinski definition) is 2. The van der Waals surface area contributed by atoms with Gasteiger partial charge in [0.05, 0.1) is 19.8 Å². The number of ether oxygens (including phenoxy) is 2. The van der Waals surface area contributed by atoms with Gasteiger partial charge in [-0.3, -0.25) is 4.79 Å². The molecule has 2 N–H and O–H groups in total. The Labute approximate surface area is 136 Å². The molecule has 1 aromatic carbocycles. The summed E-state index contributed by atoms with van der Waals surface area (Å²) in [6.07, 6.45) is -3.90. The lowest BCUT2D eigenvalue weighted by Gasteiger charge is -2.14. The molecule has 0 fully saturated rings. The number of amides is 1. The molecule has 1 unspecified atom stereocenters. The second kappa shape index (κ2) is 9.89. The van der Waals surface area contributed by atoms with E-state index < -0.39 is 36.6 Å². The van der Waals surface area contributed by atoms with E-state index in [9.17, 15) is 22.8 Å². The first-order chi connectivity index (χ1) is 11.3. The topological polar surface area (TPSA) is 84.9 Å². The second-order valence-corrected chi connectivity index (χ2v) is 4.84. The quantitative estimate of drug-likeness (QED) is 0.630. The van der Waals surface area contributed by atoms with Crippen molar-refractivity contribution in [3.8, 4) is 0 Å². The largest absolute Gasteiger partial charge is 0.480 e. The predicted octanol–water partition coefficient (Wildman–Crippen LogP) is 1.83. The first kappa shape index (κ1) is 19.9. The monoisotopic (exact) mass is 349 g/mol. The maximum Gasteiger partial charge on any atom is 0.326 e. The van der Waals surface area contributed by atoms with Gasteiger partial charge >= 0.3 is 5.97 Å². The molecule has 1 rings (SSSR count). The highest BCUT2D eigenvalue weighted by molar-refractivity contribution is 5.96. The fourth-order valence-electron chi connectivity index (χ4n) is 1.79. The summed E-state index contributed by atoms with van der Waals surface area (Å²) in [4.78, 5) is 22.9. The van der Waals surface area contributed by atoms with Crippen LogP contribution in [0.1, 0.15) is 22.3 Å². The molecule has 0 spiro atoms. The van der Waals surface area contributed by atoms with Crippen LogP contribution in [0.3, 0.4) is 0 Å². The molecule has 1 amide bonds. The van der Waals surface area contributed by atoms with Crippen molar-refractivity contribution in [2.45, 2.75) is 25.5 Å². The summed E-state index contributed by atoms with van der Waals surface area (Å²) in [5, 5.41) is 10.8. The van der Waals surface area contributed by atoms with Gasteiger partial charge in [0.2, 0.25) is 6.43 Å². The molecule has 0 bridgehead atoms. The van der Waals surface area contributed by atoms with E-state index in [-0.39, 0.29) is 24.3 Å². The zero-order valence-electron chi connectivity index (χ0n) is 12.9. The molecule has 0 radical (unpaired) electrons. The van der Waals surface area contributed by atoms with Crippen LogP contribution in [-0.4, -0.2) is 49.8 Å². The van der Waals surface area contributed by atoms with Gasteiger partial charge in [0.25, 0.3) is 5.91 Å². The number of carbonyl (C=O) groups excluding carboxylic acids is 1. The van der Waals surface area contributed by atoms with Crippen LogP contribution >= 0.6 is 0 Å². The first-order valence-electron chi connectivity index (χ1n) is 7.02. The van der Waals surface area contributed by atoms with Crippen molar-refractivity contribution < 1.29 is 37.3 Å². The van der Waals surface area contributed by atoms with E-state index in [1.807, 2.05) is 5.32 Å². The molecule has 134 valence electrons. The Bertz CT molecular complexity index is 568. The minimum Gasteiger partial charge on any atom is -0.480 e. The van der Waals surface area contributed by atoms with Gasteiger partial charge in [0.15, 0.2) is 0 Å². The lowest BCUT2D eigenvalue weighted by Crippen LogP contribution is -2.42. The maximum absolute atomic E-state index is 13.7. The van der Waals surface area contributed by atoms with Crippen molar-refractivity contribution in [3.05, 3.63) is 35.1 Å². The number of halogens is 3. The van der Waals surface area contributed by atoms with Gasteiger partial charge in [-0.2, -0.15) is 0 Å². The van der Waals surface area contributed by atoms with E-state index in [4.69, 9.17) is 14.6 Å². The van der Waals surface area contributed by atoms with Gasteiger partial charge < -0.3 is 19.9 Å². The molecule has 6 nitrogen and oxygen atoms in total. The molecule has 0 aliphatic rings. The number of rotatable bonds is 10. The average Bonchev–Trinajstić information content (AvgIpc) is 2.51. The van der Waals surface area contributed by atoms with E-state index in [0.717, 1.165) is 12.1 Å². The van der Waals surface area contributed by atoms with Gasteiger partial charge in [-0.25, -0.2) is 18.0 Å². The minimum absolute atomic E-state index is 0.0535. The summed E-state index contributed by atoms with van der Waals surface area (Å²) in [5.74, 6) is -3.07. The molecule has 0 heterocycles. The Morgan fingerprint density at radius 2 is 2.00 bits per heavy atom. The highest BCUT2D eigenvalue weighted by Gasteiger charge is 2.24. The first-order valence-corrected chi connectivity index (χ1v) is 7.02. The van der Waals surface area contributed by atoms with E-state index in [1.165, 1.54) is 13.2 Å². The van der Waals surface area contributed by atoms with Crippen LogP contribution in [0.25, 0.3) is 0 Å². The summed E-state index contributed by atoms with van der Waals surface area (Å²) in [7, 11) is 1.48. The number of alkyl halides is 2. The molecular formula is C15H18F3NO5. The Morgan fingerprint density at radius 1 is 1.29 bits per heavy atom. The molecule has 1 atom stereocenters. The molecule has 9 heteroatoms. The van der Waals surface area contributed by atoms with Crippen LogP contribution in [0.4, 0.5) is 13.2 Å². The van der Waals surface area contributed by atoms with E-state index >= 15 is 0 Å². The molecule has 24 heavy (non-hydrogen) atoms. The lowest BCUT2D eigenvalue weighted by molar-refractivity contribution is -0.140. The van der Waals surface area contributed by atoms with Gasteiger partial charge in [-0.15, -0.1) is 0 Å². The standard InChI is InChI=1S/C15H18F3NO5/c1-23-4-5-24-8-10-6-9(2-3-11(10)16)14(20)19-12(15(21)22)7-13(17)18/h2-3,6,12-13H,4-5,7-8H2,1H3,(H,19,20)(H,21,22). The van der Waals surface area contributed by atoms with Crippen molar-refractivity contribution in [2.75, 3.05) is 20.3 Å². The molecular weight excluding hydrogens is 331 g/mol. The molecule has 0 aliphatic carbocycles. The third-order valence-corrected chi connectivity index (χ3v) is 3.01. The fourth-order valence-corrected chi connectivity index (χ4v) is 1.79. The Balaban J connectivity index is 2.77. The summed E-state index contributed by atoms with van der Waals surface area (Å²) in [5.41, 5.74) is 0.0294. The van der Waals surface area contributed by atoms with Crippen LogP contribution in [0, 0.1) is 5.82 Å². The minimum atomic E-state index is -2.88. The molecule has 0 saturated heterocycles. The number of methoxy groups -OCH3 is 1. The molecule has 0 saturated carbocycles. The lowest BCUT2D eigenvalue weighted by atomic mass is 10.1. The van der Waals surface area contributed by atoms with Crippen LogP contribution in [0.2, 0.25) is 0 Å². The SMILES string of the molecule is COCCOCc1cc(C(=O)NC(CC(F)F)C(=O)O)ccc1F. The molecule has 0 aromatic heterocycles. The van der Waals surface area contributed by atoms with Crippen molar-refractivity contribution in [2.24, 2.45) is 0 Å². The summed E-state index contributed by atoms with van der Waals surface area (Å²) in [6.45, 7) is 0.424. The van der Waals surface area contributed by atoms with E-state index in [1.54, 1.807) is 0 Å². The molecule has 1 aromatic rings. The molecule has 0 aliphatic heterocycles. The number of carbonyl (C=O) groups is 2. The normalized spacial score (nSPS) is 12.2. The average molecular weight is 349 g/mol. The van der Waals surface area contributed by atoms with Crippen molar-refractivity contribution in [3.63, 3.8) is 0 Å². The van der Waals surface area contributed by atoms with E-state index in [0.29, 0.717) is 6.61 Å². The number of carboxylic acids is 1. The van der Waals surface area contributed by atoms with Crippen molar-refractivity contribution in [1.82, 2.24) is 5.32 Å². The summed E-state index contributed by atoms with van der Waals surface area (Å²) in [6, 6.07) is 1.60. The smallest absolute Gasteiger partial charge is 0.326 e. The van der Waals surface area contributed by atoms with Gasteiger partial charge in [0, 0.05) is 24.7 Å². The van der Waals surface area contributed by atoms with Crippen LogP contribution in [0.15, 0.2) is 18.2 Å². The number of aliphatic carboxylic acids is 1. The van der Waals surface area contributed by atoms with Gasteiger partial charge in [-0.05, 0) is 18.2 Å². The van der Waals surface area contributed by atoms with E-state index in [2.05, 4.69) is 0 Å². The fraction of sp³-hybridized carbons (Fsp3) is 0.467. The number of nitrogens with one attached hydrogen (secondary N) is 1. The Kier molecular flexibility index (Phi) is 8.20. The summed E-state index contributed by atoms with van der Waals surface area (Å²) >= 11 is 0. The van der Waals surface area contributed by atoms with Gasteiger partial charge in [-0.1, -0.05) is 0 Å². The summed E-state index contributed by atoms with van der Waals surface area (Å²) < 4.78 is 48.2. The number of carboxylic acid groups (broad SMARTS) is 1.